The van der Waals surface area contributed by atoms with Gasteiger partial charge in [-0.1, -0.05) is 20.8 Å². The molecule has 37 heavy (non-hydrogen) atoms. The number of aliphatic hydroxyl groups is 1. The van der Waals surface area contributed by atoms with Crippen molar-refractivity contribution in [3.8, 4) is 45.6 Å². The first-order chi connectivity index (χ1) is 17.6. The molecule has 2 aromatic carbocycles. The van der Waals surface area contributed by atoms with E-state index in [2.05, 4.69) is 6.92 Å². The summed E-state index contributed by atoms with van der Waals surface area (Å²) in [7, 11) is 4.64. The minimum Gasteiger partial charge on any atom is -0.493 e. The number of ether oxygens (including phenoxy) is 7. The van der Waals surface area contributed by atoms with Crippen molar-refractivity contribution in [2.24, 2.45) is 17.8 Å². The minimum atomic E-state index is -1.79. The summed E-state index contributed by atoms with van der Waals surface area (Å²) in [5.74, 6) is 1.43. The van der Waals surface area contributed by atoms with E-state index in [0.29, 0.717) is 52.0 Å². The van der Waals surface area contributed by atoms with Gasteiger partial charge in [0.25, 0.3) is 0 Å². The number of carbonyl (C=O) groups is 1. The fourth-order valence-electron chi connectivity index (χ4n) is 5.38. The molecule has 5 atom stereocenters. The van der Waals surface area contributed by atoms with E-state index in [1.807, 2.05) is 19.1 Å². The Morgan fingerprint density at radius 2 is 1.68 bits per heavy atom. The number of hydrogen-bond acceptors (Lipinski definition) is 9. The zero-order chi connectivity index (χ0) is 26.6. The van der Waals surface area contributed by atoms with Crippen molar-refractivity contribution < 1.29 is 43.1 Å². The van der Waals surface area contributed by atoms with E-state index in [4.69, 9.17) is 33.2 Å². The topological polar surface area (TPSA) is 102 Å². The number of rotatable bonds is 3. The lowest BCUT2D eigenvalue weighted by Gasteiger charge is -2.36. The molecule has 2 heterocycles. The Morgan fingerprint density at radius 3 is 2.35 bits per heavy atom. The molecular weight excluding hydrogens is 480 g/mol. The monoisotopic (exact) mass is 514 g/mol. The first-order valence-corrected chi connectivity index (χ1v) is 12.5. The van der Waals surface area contributed by atoms with Crippen LogP contribution in [0.3, 0.4) is 0 Å². The van der Waals surface area contributed by atoms with Crippen LogP contribution in [0.4, 0.5) is 0 Å². The lowest BCUT2D eigenvalue weighted by atomic mass is 9.75. The normalized spacial score (nSPS) is 28.2. The standard InChI is InChI=1S/C28H34O9/c1-13-8-16-9-19-24(36-12-35-19)26-20(16)21-17(10-18(31-5)23(32-6)25(21)33-7)22(15(13)3)37-27(29)28(4,30)14(2)11-34-26/h9-10,13-15,22,30H,8,11-12H2,1-7H3/t13-,14+,15-,22+,28+/m0/s1. The summed E-state index contributed by atoms with van der Waals surface area (Å²) >= 11 is 0. The molecular formula is C28H34O9. The van der Waals surface area contributed by atoms with Gasteiger partial charge < -0.3 is 38.3 Å². The molecule has 5 rings (SSSR count). The number of benzene rings is 2. The molecule has 0 saturated heterocycles. The molecule has 2 aliphatic heterocycles. The Balaban J connectivity index is 1.95. The van der Waals surface area contributed by atoms with Gasteiger partial charge >= 0.3 is 5.97 Å². The van der Waals surface area contributed by atoms with Crippen LogP contribution < -0.4 is 28.4 Å². The lowest BCUT2D eigenvalue weighted by Crippen LogP contribution is -2.46. The van der Waals surface area contributed by atoms with E-state index < -0.39 is 23.6 Å². The maximum Gasteiger partial charge on any atom is 0.338 e. The number of carbonyl (C=O) groups excluding carboxylic acids is 1. The van der Waals surface area contributed by atoms with Crippen LogP contribution in [0.1, 0.15) is 44.9 Å². The molecule has 9 heteroatoms. The molecule has 2 bridgehead atoms. The van der Waals surface area contributed by atoms with Crippen LogP contribution in [0.2, 0.25) is 0 Å². The zero-order valence-electron chi connectivity index (χ0n) is 22.3. The molecule has 1 aliphatic carbocycles. The van der Waals surface area contributed by atoms with Crippen molar-refractivity contribution in [3.63, 3.8) is 0 Å². The van der Waals surface area contributed by atoms with Crippen molar-refractivity contribution in [1.29, 1.82) is 0 Å². The SMILES string of the molecule is COc1cc2c(c(OC)c1OC)-c1c3cc4c(c1OC[C@@H](C)[C@@](C)(O)C(=O)O[C@@H]2[C@@H](C)[C@@H](C)C3)OCO4. The number of fused-ring (bicyclic) bond motifs is 2. The van der Waals surface area contributed by atoms with Gasteiger partial charge in [0.15, 0.2) is 28.6 Å². The highest BCUT2D eigenvalue weighted by molar-refractivity contribution is 5.89. The predicted octanol–water partition coefficient (Wildman–Crippen LogP) is 4.30. The van der Waals surface area contributed by atoms with Gasteiger partial charge in [-0.05, 0) is 37.0 Å². The van der Waals surface area contributed by atoms with Crippen LogP contribution >= 0.6 is 0 Å². The van der Waals surface area contributed by atoms with Crippen molar-refractivity contribution in [1.82, 2.24) is 0 Å². The second-order valence-electron chi connectivity index (χ2n) is 10.3. The molecule has 1 N–H and O–H groups in total. The minimum absolute atomic E-state index is 0.0368. The fourth-order valence-corrected chi connectivity index (χ4v) is 5.38. The summed E-state index contributed by atoms with van der Waals surface area (Å²) in [6, 6.07) is 3.80. The second-order valence-corrected chi connectivity index (χ2v) is 10.3. The third-order valence-corrected chi connectivity index (χ3v) is 8.12. The van der Waals surface area contributed by atoms with Gasteiger partial charge in [0.2, 0.25) is 18.3 Å². The zero-order valence-corrected chi connectivity index (χ0v) is 22.3. The van der Waals surface area contributed by atoms with Crippen LogP contribution in [-0.4, -0.2) is 51.4 Å². The Labute approximate surface area is 216 Å². The van der Waals surface area contributed by atoms with E-state index in [9.17, 15) is 9.90 Å². The van der Waals surface area contributed by atoms with Crippen molar-refractivity contribution in [3.05, 3.63) is 23.3 Å². The molecule has 3 aliphatic rings. The largest absolute Gasteiger partial charge is 0.493 e. The van der Waals surface area contributed by atoms with Gasteiger partial charge in [-0.25, -0.2) is 4.79 Å². The smallest absolute Gasteiger partial charge is 0.338 e. The van der Waals surface area contributed by atoms with E-state index >= 15 is 0 Å². The molecule has 9 nitrogen and oxygen atoms in total. The molecule has 0 spiro atoms. The molecule has 0 aromatic heterocycles. The summed E-state index contributed by atoms with van der Waals surface area (Å²) in [5, 5.41) is 11.3. The average Bonchev–Trinajstić information content (AvgIpc) is 3.35. The first-order valence-electron chi connectivity index (χ1n) is 12.5. The highest BCUT2D eigenvalue weighted by Gasteiger charge is 2.45. The Bertz CT molecular complexity index is 1240. The summed E-state index contributed by atoms with van der Waals surface area (Å²) in [4.78, 5) is 13.5. The molecule has 200 valence electrons. The van der Waals surface area contributed by atoms with Crippen LogP contribution in [0, 0.1) is 17.8 Å². The van der Waals surface area contributed by atoms with E-state index in [1.165, 1.54) is 6.92 Å². The molecule has 0 amide bonds. The summed E-state index contributed by atoms with van der Waals surface area (Å²) < 4.78 is 41.6. The van der Waals surface area contributed by atoms with Gasteiger partial charge in [-0.15, -0.1) is 0 Å². The van der Waals surface area contributed by atoms with E-state index in [-0.39, 0.29) is 25.2 Å². The Hall–Kier alpha value is -3.33. The van der Waals surface area contributed by atoms with Crippen LogP contribution in [0.5, 0.6) is 34.5 Å². The maximum atomic E-state index is 13.5. The second kappa shape index (κ2) is 9.20. The van der Waals surface area contributed by atoms with E-state index in [0.717, 1.165) is 11.1 Å². The van der Waals surface area contributed by atoms with Gasteiger partial charge in [0, 0.05) is 28.5 Å². The van der Waals surface area contributed by atoms with Crippen LogP contribution in [0.25, 0.3) is 11.1 Å². The third-order valence-electron chi connectivity index (χ3n) is 8.12. The van der Waals surface area contributed by atoms with Crippen molar-refractivity contribution in [2.75, 3.05) is 34.7 Å². The van der Waals surface area contributed by atoms with Gasteiger partial charge in [0.05, 0.1) is 27.9 Å². The third kappa shape index (κ3) is 3.82. The highest BCUT2D eigenvalue weighted by Crippen LogP contribution is 2.59. The van der Waals surface area contributed by atoms with Gasteiger partial charge in [0.1, 0.15) is 6.10 Å². The lowest BCUT2D eigenvalue weighted by molar-refractivity contribution is -0.179. The maximum absolute atomic E-state index is 13.5. The number of methoxy groups -OCH3 is 3. The van der Waals surface area contributed by atoms with Crippen LogP contribution in [0.15, 0.2) is 12.1 Å². The average molecular weight is 515 g/mol. The van der Waals surface area contributed by atoms with Gasteiger partial charge in [-0.3, -0.25) is 0 Å². The summed E-state index contributed by atoms with van der Waals surface area (Å²) in [5.41, 5.74) is 1.27. The number of esters is 1. The quantitative estimate of drug-likeness (QED) is 0.601. The van der Waals surface area contributed by atoms with Crippen LogP contribution in [-0.2, 0) is 16.0 Å². The van der Waals surface area contributed by atoms with Crippen molar-refractivity contribution >= 4 is 5.97 Å². The first kappa shape index (κ1) is 25.3. The van der Waals surface area contributed by atoms with Gasteiger partial charge in [-0.2, -0.15) is 0 Å². The Morgan fingerprint density at radius 1 is 0.946 bits per heavy atom. The molecule has 2 aromatic rings. The fraction of sp³-hybridized carbons (Fsp3) is 0.536. The molecule has 0 fully saturated rings. The number of hydrogen-bond donors (Lipinski definition) is 1. The molecule has 0 radical (unpaired) electrons. The van der Waals surface area contributed by atoms with E-state index in [1.54, 1.807) is 28.3 Å². The summed E-state index contributed by atoms with van der Waals surface area (Å²) in [6.45, 7) is 7.47. The predicted molar refractivity (Wildman–Crippen MR) is 134 cm³/mol. The Kier molecular flexibility index (Phi) is 6.30. The summed E-state index contributed by atoms with van der Waals surface area (Å²) in [6.07, 6.45) is -0.0603. The molecule has 0 saturated carbocycles. The van der Waals surface area contributed by atoms with Crippen molar-refractivity contribution in [2.45, 2.75) is 45.8 Å². The molecule has 0 unspecified atom stereocenters. The highest BCUT2D eigenvalue weighted by atomic mass is 16.7.